The molecule has 110 valence electrons. The van der Waals surface area contributed by atoms with Gasteiger partial charge in [-0.3, -0.25) is 4.79 Å². The van der Waals surface area contributed by atoms with Gasteiger partial charge in [-0.25, -0.2) is 4.79 Å². The molecule has 7 heteroatoms. The Morgan fingerprint density at radius 2 is 2.20 bits per heavy atom. The highest BCUT2D eigenvalue weighted by molar-refractivity contribution is 9.10. The van der Waals surface area contributed by atoms with Crippen LogP contribution >= 0.6 is 27.7 Å². The Morgan fingerprint density at radius 3 is 2.75 bits per heavy atom. The fourth-order valence-electron chi connectivity index (χ4n) is 1.50. The molecule has 1 aromatic carbocycles. The van der Waals surface area contributed by atoms with E-state index in [0.717, 1.165) is 15.8 Å². The first kappa shape index (κ1) is 16.8. The minimum atomic E-state index is -1.03. The number of rotatable bonds is 7. The van der Waals surface area contributed by atoms with Crippen molar-refractivity contribution in [2.24, 2.45) is 0 Å². The fraction of sp³-hybridized carbons (Fsp3) is 0.385. The van der Waals surface area contributed by atoms with Crippen LogP contribution in [0.3, 0.4) is 0 Å². The number of halogens is 1. The standard InChI is InChI=1S/C13H16BrNO4S/c1-8(16)15-12(13(17)18)7-20-6-9-5-10(19-2)3-4-11(9)14/h3-5,12H,6-7H2,1-2H3,(H,15,16)(H,17,18)/t12-/m0/s1. The number of hydrogen-bond donors (Lipinski definition) is 2. The first-order valence-corrected chi connectivity index (χ1v) is 7.79. The lowest BCUT2D eigenvalue weighted by Gasteiger charge is -2.13. The van der Waals surface area contributed by atoms with Crippen molar-refractivity contribution in [1.29, 1.82) is 0 Å². The average Bonchev–Trinajstić information content (AvgIpc) is 2.39. The number of amides is 1. The molecule has 0 fully saturated rings. The summed E-state index contributed by atoms with van der Waals surface area (Å²) >= 11 is 4.88. The maximum Gasteiger partial charge on any atom is 0.327 e. The molecule has 0 spiro atoms. The molecule has 1 amide bonds. The van der Waals surface area contributed by atoms with Crippen LogP contribution in [0.4, 0.5) is 0 Å². The molecule has 0 aliphatic heterocycles. The minimum absolute atomic E-state index is 0.304. The Hall–Kier alpha value is -1.21. The lowest BCUT2D eigenvalue weighted by molar-refractivity contribution is -0.140. The molecule has 0 aliphatic carbocycles. The number of benzene rings is 1. The van der Waals surface area contributed by atoms with Crippen LogP contribution in [0, 0.1) is 0 Å². The van der Waals surface area contributed by atoms with Crippen LogP contribution in [-0.4, -0.2) is 35.9 Å². The molecule has 0 saturated heterocycles. The van der Waals surface area contributed by atoms with Crippen molar-refractivity contribution in [3.05, 3.63) is 28.2 Å². The van der Waals surface area contributed by atoms with Crippen LogP contribution < -0.4 is 10.1 Å². The zero-order chi connectivity index (χ0) is 15.1. The van der Waals surface area contributed by atoms with Crippen LogP contribution in [0.5, 0.6) is 5.75 Å². The largest absolute Gasteiger partial charge is 0.497 e. The SMILES string of the molecule is COc1ccc(Br)c(CSC[C@H](NC(C)=O)C(=O)O)c1. The average molecular weight is 362 g/mol. The summed E-state index contributed by atoms with van der Waals surface area (Å²) in [7, 11) is 1.59. The van der Waals surface area contributed by atoms with Gasteiger partial charge in [-0.2, -0.15) is 11.8 Å². The topological polar surface area (TPSA) is 75.6 Å². The summed E-state index contributed by atoms with van der Waals surface area (Å²) in [5, 5.41) is 11.4. The lowest BCUT2D eigenvalue weighted by Crippen LogP contribution is -2.41. The monoisotopic (exact) mass is 361 g/mol. The van der Waals surface area contributed by atoms with Gasteiger partial charge in [0.05, 0.1) is 7.11 Å². The molecule has 0 bridgehead atoms. The molecule has 1 atom stereocenters. The number of thioether (sulfide) groups is 1. The molecule has 0 unspecified atom stereocenters. The molecule has 2 N–H and O–H groups in total. The minimum Gasteiger partial charge on any atom is -0.497 e. The first-order valence-electron chi connectivity index (χ1n) is 5.84. The van der Waals surface area contributed by atoms with Gasteiger partial charge in [0.1, 0.15) is 11.8 Å². The summed E-state index contributed by atoms with van der Waals surface area (Å²) in [6.45, 7) is 1.30. The second kappa shape index (κ2) is 8.16. The van der Waals surface area contributed by atoms with Crippen molar-refractivity contribution in [3.63, 3.8) is 0 Å². The zero-order valence-corrected chi connectivity index (χ0v) is 13.6. The van der Waals surface area contributed by atoms with Gasteiger partial charge in [0.25, 0.3) is 0 Å². The highest BCUT2D eigenvalue weighted by atomic mass is 79.9. The Kier molecular flexibility index (Phi) is 6.87. The summed E-state index contributed by atoms with van der Waals surface area (Å²) in [5.74, 6) is 0.304. The van der Waals surface area contributed by atoms with Crippen LogP contribution in [0.2, 0.25) is 0 Å². The van der Waals surface area contributed by atoms with Gasteiger partial charge < -0.3 is 15.2 Å². The number of carboxylic acids is 1. The molecule has 0 saturated carbocycles. The van der Waals surface area contributed by atoms with Crippen molar-refractivity contribution in [3.8, 4) is 5.75 Å². The molecule has 1 rings (SSSR count). The maximum atomic E-state index is 11.0. The second-order valence-electron chi connectivity index (χ2n) is 4.06. The molecule has 20 heavy (non-hydrogen) atoms. The van der Waals surface area contributed by atoms with E-state index in [2.05, 4.69) is 21.2 Å². The quantitative estimate of drug-likeness (QED) is 0.778. The second-order valence-corrected chi connectivity index (χ2v) is 5.95. The third-order valence-electron chi connectivity index (χ3n) is 2.47. The molecule has 0 heterocycles. The summed E-state index contributed by atoms with van der Waals surface area (Å²) in [6, 6.07) is 4.75. The van der Waals surface area contributed by atoms with E-state index in [0.29, 0.717) is 11.5 Å². The normalized spacial score (nSPS) is 11.8. The number of methoxy groups -OCH3 is 1. The predicted molar refractivity (Wildman–Crippen MR) is 82.1 cm³/mol. The summed E-state index contributed by atoms with van der Waals surface area (Å²) < 4.78 is 6.09. The molecule has 0 radical (unpaired) electrons. The number of hydrogen-bond acceptors (Lipinski definition) is 4. The number of carboxylic acid groups (broad SMARTS) is 1. The Bertz CT molecular complexity index is 495. The van der Waals surface area contributed by atoms with Crippen molar-refractivity contribution in [1.82, 2.24) is 5.32 Å². The van der Waals surface area contributed by atoms with Crippen molar-refractivity contribution >= 4 is 39.6 Å². The molecule has 0 aliphatic rings. The summed E-state index contributed by atoms with van der Waals surface area (Å²) in [6.07, 6.45) is 0. The number of carbonyl (C=O) groups is 2. The van der Waals surface area contributed by atoms with Gasteiger partial charge in [0, 0.05) is 22.9 Å². The third kappa shape index (κ3) is 5.42. The fourth-order valence-corrected chi connectivity index (χ4v) is 3.11. The van der Waals surface area contributed by atoms with E-state index >= 15 is 0 Å². The number of carbonyl (C=O) groups excluding carboxylic acids is 1. The molecule has 1 aromatic rings. The maximum absolute atomic E-state index is 11.0. The van der Waals surface area contributed by atoms with Crippen molar-refractivity contribution in [2.75, 3.05) is 12.9 Å². The van der Waals surface area contributed by atoms with Gasteiger partial charge in [-0.15, -0.1) is 0 Å². The smallest absolute Gasteiger partial charge is 0.327 e. The Labute approximate surface area is 130 Å². The van der Waals surface area contributed by atoms with E-state index in [-0.39, 0.29) is 5.91 Å². The van der Waals surface area contributed by atoms with Gasteiger partial charge >= 0.3 is 5.97 Å². The van der Waals surface area contributed by atoms with Crippen LogP contribution in [0.15, 0.2) is 22.7 Å². The van der Waals surface area contributed by atoms with E-state index in [1.54, 1.807) is 7.11 Å². The highest BCUT2D eigenvalue weighted by Gasteiger charge is 2.18. The van der Waals surface area contributed by atoms with Gasteiger partial charge in [0.15, 0.2) is 0 Å². The Balaban J connectivity index is 2.58. The van der Waals surface area contributed by atoms with Gasteiger partial charge in [-0.05, 0) is 23.8 Å². The lowest BCUT2D eigenvalue weighted by atomic mass is 10.2. The van der Waals surface area contributed by atoms with Crippen LogP contribution in [0.1, 0.15) is 12.5 Å². The first-order chi connectivity index (χ1) is 9.43. The number of nitrogens with one attached hydrogen (secondary N) is 1. The molecular formula is C13H16BrNO4S. The van der Waals surface area contributed by atoms with E-state index in [4.69, 9.17) is 9.84 Å². The summed E-state index contributed by atoms with van der Waals surface area (Å²) in [5.41, 5.74) is 1.02. The third-order valence-corrected chi connectivity index (χ3v) is 4.33. The van der Waals surface area contributed by atoms with Gasteiger partial charge in [0.2, 0.25) is 5.91 Å². The van der Waals surface area contributed by atoms with E-state index in [9.17, 15) is 9.59 Å². The molecule has 5 nitrogen and oxygen atoms in total. The molecule has 0 aromatic heterocycles. The number of ether oxygens (including phenoxy) is 1. The van der Waals surface area contributed by atoms with Gasteiger partial charge in [-0.1, -0.05) is 15.9 Å². The zero-order valence-electron chi connectivity index (χ0n) is 11.2. The van der Waals surface area contributed by atoms with E-state index in [1.165, 1.54) is 18.7 Å². The molecular weight excluding hydrogens is 346 g/mol. The summed E-state index contributed by atoms with van der Waals surface area (Å²) in [4.78, 5) is 21.9. The van der Waals surface area contributed by atoms with Crippen LogP contribution in [-0.2, 0) is 15.3 Å². The number of aliphatic carboxylic acids is 1. The van der Waals surface area contributed by atoms with E-state index < -0.39 is 12.0 Å². The van der Waals surface area contributed by atoms with Crippen molar-refractivity contribution < 1.29 is 19.4 Å². The van der Waals surface area contributed by atoms with Crippen molar-refractivity contribution in [2.45, 2.75) is 18.7 Å². The highest BCUT2D eigenvalue weighted by Crippen LogP contribution is 2.26. The Morgan fingerprint density at radius 1 is 1.50 bits per heavy atom. The van der Waals surface area contributed by atoms with Crippen LogP contribution in [0.25, 0.3) is 0 Å². The predicted octanol–water partition coefficient (Wildman–Crippen LogP) is 2.28. The van der Waals surface area contributed by atoms with E-state index in [1.807, 2.05) is 18.2 Å².